The number of rotatable bonds is 2. The summed E-state index contributed by atoms with van der Waals surface area (Å²) in [5.74, 6) is -3.07. The smallest absolute Gasteiger partial charge is 0.475 e. The van der Waals surface area contributed by atoms with Crippen molar-refractivity contribution < 1.29 is 36.3 Å². The third-order valence-electron chi connectivity index (χ3n) is 3.59. The normalized spacial score (nSPS) is 14.7. The lowest BCUT2D eigenvalue weighted by Gasteiger charge is -2.09. The lowest BCUT2D eigenvalue weighted by molar-refractivity contribution is -0.192. The van der Waals surface area contributed by atoms with Crippen molar-refractivity contribution in [2.45, 2.75) is 37.5 Å². The molecule has 0 spiro atoms. The lowest BCUT2D eigenvalue weighted by Crippen LogP contribution is -2.32. The third-order valence-corrected chi connectivity index (χ3v) is 5.04. The SMILES string of the molecule is CC(C)NC(=O)c1ncn2c1CNS(=O)(=O)c1ccccc1-2.O=C(O)C(F)(F)F. The van der Waals surface area contributed by atoms with Gasteiger partial charge in [-0.2, -0.15) is 13.2 Å². The summed E-state index contributed by atoms with van der Waals surface area (Å²) in [6.07, 6.45) is -3.61. The van der Waals surface area contributed by atoms with Gasteiger partial charge in [0.1, 0.15) is 11.2 Å². The first-order chi connectivity index (χ1) is 13.3. The summed E-state index contributed by atoms with van der Waals surface area (Å²) in [4.78, 5) is 25.4. The quantitative estimate of drug-likeness (QED) is 0.656. The molecule has 0 atom stereocenters. The molecular formula is C16H17F3N4O5S. The molecule has 9 nitrogen and oxygen atoms in total. The maximum Gasteiger partial charge on any atom is 0.490 e. The highest BCUT2D eigenvalue weighted by Crippen LogP contribution is 2.26. The number of carboxylic acid groups (broad SMARTS) is 1. The maximum atomic E-state index is 12.3. The van der Waals surface area contributed by atoms with E-state index in [1.54, 1.807) is 22.8 Å². The van der Waals surface area contributed by atoms with Gasteiger partial charge in [-0.25, -0.2) is 22.9 Å². The monoisotopic (exact) mass is 434 g/mol. The molecule has 1 amide bonds. The summed E-state index contributed by atoms with van der Waals surface area (Å²) in [5.41, 5.74) is 1.23. The van der Waals surface area contributed by atoms with Gasteiger partial charge in [-0.05, 0) is 26.0 Å². The number of amides is 1. The Labute approximate surface area is 163 Å². The number of hydrogen-bond acceptors (Lipinski definition) is 5. The highest BCUT2D eigenvalue weighted by molar-refractivity contribution is 7.89. The Morgan fingerprint density at radius 1 is 1.28 bits per heavy atom. The van der Waals surface area contributed by atoms with Crippen LogP contribution in [0.15, 0.2) is 35.5 Å². The standard InChI is InChI=1S/C14H16N4O3S.C2HF3O2/c1-9(2)17-14(19)13-11-7-16-22(20,21)12-6-4-3-5-10(12)18(11)8-15-13;3-2(4,5)1(6)7/h3-6,8-9,16H,7H2,1-2H3,(H,17,19);(H,6,7). The van der Waals surface area contributed by atoms with Crippen molar-refractivity contribution in [2.24, 2.45) is 0 Å². The highest BCUT2D eigenvalue weighted by Gasteiger charge is 2.38. The molecule has 3 rings (SSSR count). The number of alkyl halides is 3. The van der Waals surface area contributed by atoms with Crippen LogP contribution in [-0.2, 0) is 21.4 Å². The van der Waals surface area contributed by atoms with Crippen LogP contribution in [0.3, 0.4) is 0 Å². The van der Waals surface area contributed by atoms with Crippen LogP contribution in [-0.4, -0.2) is 47.2 Å². The van der Waals surface area contributed by atoms with E-state index in [2.05, 4.69) is 15.0 Å². The molecule has 0 bridgehead atoms. The number of carboxylic acids is 1. The van der Waals surface area contributed by atoms with Crippen molar-refractivity contribution in [3.05, 3.63) is 42.0 Å². The Bertz CT molecular complexity index is 1030. The molecule has 158 valence electrons. The van der Waals surface area contributed by atoms with Gasteiger partial charge in [0.2, 0.25) is 10.0 Å². The third kappa shape index (κ3) is 5.12. The molecule has 1 aliphatic heterocycles. The van der Waals surface area contributed by atoms with E-state index in [-0.39, 0.29) is 29.1 Å². The van der Waals surface area contributed by atoms with E-state index in [0.29, 0.717) is 11.4 Å². The summed E-state index contributed by atoms with van der Waals surface area (Å²) in [6, 6.07) is 6.60. The molecule has 2 heterocycles. The van der Waals surface area contributed by atoms with E-state index in [9.17, 15) is 26.4 Å². The molecule has 1 aliphatic rings. The lowest BCUT2D eigenvalue weighted by atomic mass is 10.2. The molecule has 3 N–H and O–H groups in total. The van der Waals surface area contributed by atoms with Crippen LogP contribution in [0.1, 0.15) is 30.0 Å². The maximum absolute atomic E-state index is 12.3. The van der Waals surface area contributed by atoms with Gasteiger partial charge < -0.3 is 10.4 Å². The van der Waals surface area contributed by atoms with Crippen LogP contribution >= 0.6 is 0 Å². The van der Waals surface area contributed by atoms with Crippen LogP contribution in [0.25, 0.3) is 5.69 Å². The summed E-state index contributed by atoms with van der Waals surface area (Å²) in [6.45, 7) is 3.72. The summed E-state index contributed by atoms with van der Waals surface area (Å²) in [7, 11) is -3.61. The van der Waals surface area contributed by atoms with Crippen LogP contribution < -0.4 is 10.0 Å². The number of halogens is 3. The van der Waals surface area contributed by atoms with Crippen molar-refractivity contribution in [3.63, 3.8) is 0 Å². The second-order valence-electron chi connectivity index (χ2n) is 6.13. The van der Waals surface area contributed by atoms with Gasteiger partial charge in [0.25, 0.3) is 5.91 Å². The Morgan fingerprint density at radius 3 is 2.41 bits per heavy atom. The van der Waals surface area contributed by atoms with E-state index in [1.165, 1.54) is 12.4 Å². The van der Waals surface area contributed by atoms with Crippen molar-refractivity contribution in [3.8, 4) is 5.69 Å². The van der Waals surface area contributed by atoms with Crippen LogP contribution in [0.5, 0.6) is 0 Å². The minimum Gasteiger partial charge on any atom is -0.475 e. The van der Waals surface area contributed by atoms with E-state index in [4.69, 9.17) is 9.90 Å². The molecule has 29 heavy (non-hydrogen) atoms. The fourth-order valence-electron chi connectivity index (χ4n) is 2.40. The Morgan fingerprint density at radius 2 is 1.86 bits per heavy atom. The van der Waals surface area contributed by atoms with E-state index in [0.717, 1.165) is 0 Å². The number of nitrogens with zero attached hydrogens (tertiary/aromatic N) is 2. The van der Waals surface area contributed by atoms with Crippen molar-refractivity contribution >= 4 is 21.9 Å². The molecule has 1 aromatic carbocycles. The first-order valence-corrected chi connectivity index (χ1v) is 9.59. The van der Waals surface area contributed by atoms with Gasteiger partial charge in [0.15, 0.2) is 5.69 Å². The Hall–Kier alpha value is -2.93. The summed E-state index contributed by atoms with van der Waals surface area (Å²) < 4.78 is 60.4. The molecule has 0 unspecified atom stereocenters. The molecule has 0 saturated carbocycles. The predicted octanol–water partition coefficient (Wildman–Crippen LogP) is 1.44. The molecule has 2 aromatic rings. The number of carbonyl (C=O) groups is 2. The van der Waals surface area contributed by atoms with E-state index < -0.39 is 22.2 Å². The zero-order valence-electron chi connectivity index (χ0n) is 15.2. The number of carbonyl (C=O) groups excluding carboxylic acids is 1. The van der Waals surface area contributed by atoms with Crippen molar-refractivity contribution in [2.75, 3.05) is 0 Å². The van der Waals surface area contributed by atoms with Crippen LogP contribution in [0.2, 0.25) is 0 Å². The van der Waals surface area contributed by atoms with Gasteiger partial charge in [0.05, 0.1) is 17.9 Å². The summed E-state index contributed by atoms with van der Waals surface area (Å²) in [5, 5.41) is 9.89. The van der Waals surface area contributed by atoms with Crippen LogP contribution in [0.4, 0.5) is 13.2 Å². The molecule has 0 aliphatic carbocycles. The second-order valence-corrected chi connectivity index (χ2v) is 7.87. The topological polar surface area (TPSA) is 130 Å². The van der Waals surface area contributed by atoms with Gasteiger partial charge in [-0.1, -0.05) is 12.1 Å². The number of benzene rings is 1. The average Bonchev–Trinajstić information content (AvgIpc) is 2.99. The fourth-order valence-corrected chi connectivity index (χ4v) is 3.58. The number of fused-ring (bicyclic) bond motifs is 3. The van der Waals surface area contributed by atoms with Crippen molar-refractivity contribution in [1.82, 2.24) is 19.6 Å². The van der Waals surface area contributed by atoms with Crippen LogP contribution in [0, 0.1) is 0 Å². The van der Waals surface area contributed by atoms with Gasteiger partial charge in [-0.15, -0.1) is 0 Å². The number of para-hydroxylation sites is 1. The Kier molecular flexibility index (Phi) is 6.33. The molecule has 0 radical (unpaired) electrons. The zero-order chi connectivity index (χ0) is 22.0. The van der Waals surface area contributed by atoms with E-state index in [1.807, 2.05) is 13.8 Å². The van der Waals surface area contributed by atoms with Gasteiger partial charge in [-0.3, -0.25) is 9.36 Å². The molecule has 0 saturated heterocycles. The molecule has 0 fully saturated rings. The van der Waals surface area contributed by atoms with Gasteiger partial charge in [0, 0.05) is 6.04 Å². The summed E-state index contributed by atoms with van der Waals surface area (Å²) >= 11 is 0. The molecule has 1 aromatic heterocycles. The number of imidazole rings is 1. The second kappa shape index (κ2) is 8.21. The first kappa shape index (κ1) is 22.4. The predicted molar refractivity (Wildman–Crippen MR) is 93.9 cm³/mol. The fraction of sp³-hybridized carbons (Fsp3) is 0.312. The zero-order valence-corrected chi connectivity index (χ0v) is 16.0. The minimum absolute atomic E-state index is 0.0118. The largest absolute Gasteiger partial charge is 0.490 e. The number of hydrogen-bond donors (Lipinski definition) is 3. The van der Waals surface area contributed by atoms with E-state index >= 15 is 0 Å². The van der Waals surface area contributed by atoms with Crippen molar-refractivity contribution in [1.29, 1.82) is 0 Å². The number of sulfonamides is 1. The molecule has 13 heteroatoms. The first-order valence-electron chi connectivity index (χ1n) is 8.11. The highest BCUT2D eigenvalue weighted by atomic mass is 32.2. The minimum atomic E-state index is -5.08. The molecular weight excluding hydrogens is 417 g/mol. The van der Waals surface area contributed by atoms with Gasteiger partial charge >= 0.3 is 12.1 Å². The number of nitrogens with one attached hydrogen (secondary N) is 2. The Balaban J connectivity index is 0.000000370. The number of aliphatic carboxylic acids is 1. The average molecular weight is 434 g/mol. The number of aromatic nitrogens is 2.